The van der Waals surface area contributed by atoms with Crippen LogP contribution in [0, 0.1) is 11.2 Å². The van der Waals surface area contributed by atoms with Crippen molar-refractivity contribution in [3.63, 3.8) is 0 Å². The van der Waals surface area contributed by atoms with Gasteiger partial charge in [0.1, 0.15) is 31.3 Å². The molecule has 0 unspecified atom stereocenters. The normalized spacial score (nSPS) is 15.4. The Morgan fingerprint density at radius 3 is 2.62 bits per heavy atom. The summed E-state index contributed by atoms with van der Waals surface area (Å²) in [6.45, 7) is 4.74. The molecule has 3 heterocycles. The van der Waals surface area contributed by atoms with Crippen LogP contribution in [0.1, 0.15) is 18.9 Å². The van der Waals surface area contributed by atoms with Crippen LogP contribution in [0.15, 0.2) is 35.7 Å². The van der Waals surface area contributed by atoms with Gasteiger partial charge in [-0.2, -0.15) is 0 Å². The third kappa shape index (κ3) is 6.97. The summed E-state index contributed by atoms with van der Waals surface area (Å²) in [6.07, 6.45) is 2.76. The lowest BCUT2D eigenvalue weighted by molar-refractivity contribution is -0.144. The number of aromatic nitrogens is 2. The van der Waals surface area contributed by atoms with Gasteiger partial charge in [-0.3, -0.25) is 19.9 Å². The largest absolute Gasteiger partial charge is 0.465 e. The zero-order valence-electron chi connectivity index (χ0n) is 20.4. The number of rotatable bonds is 11. The van der Waals surface area contributed by atoms with Gasteiger partial charge in [0.2, 0.25) is 5.95 Å². The summed E-state index contributed by atoms with van der Waals surface area (Å²) < 4.78 is 24.9. The minimum atomic E-state index is -0.696. The van der Waals surface area contributed by atoms with Gasteiger partial charge in [-0.05, 0) is 0 Å². The number of nitrogens with two attached hydrogens (primary N) is 1. The van der Waals surface area contributed by atoms with Crippen LogP contribution in [0.5, 0.6) is 0 Å². The predicted octanol–water partition coefficient (Wildman–Crippen LogP) is 1.09. The Labute approximate surface area is 212 Å². The number of hydrogen-bond acceptors (Lipinski definition) is 11. The van der Waals surface area contributed by atoms with E-state index in [9.17, 15) is 14.0 Å². The quantitative estimate of drug-likeness (QED) is 0.193. The van der Waals surface area contributed by atoms with E-state index >= 15 is 0 Å². The number of carbonyl (C=O) groups is 2. The lowest BCUT2D eigenvalue weighted by atomic mass is 10.1. The molecule has 3 N–H and O–H groups in total. The molecule has 196 valence electrons. The van der Waals surface area contributed by atoms with E-state index in [1.54, 1.807) is 12.1 Å². The fourth-order valence-corrected chi connectivity index (χ4v) is 3.74. The van der Waals surface area contributed by atoms with Gasteiger partial charge in [-0.15, -0.1) is 0 Å². The second kappa shape index (κ2) is 11.7. The highest BCUT2D eigenvalue weighted by atomic mass is 19.1. The second-order valence-electron chi connectivity index (χ2n) is 8.75. The zero-order chi connectivity index (χ0) is 26.4. The molecule has 2 aliphatic rings. The average Bonchev–Trinajstić information content (AvgIpc) is 2.80. The molecule has 0 atom stereocenters. The Hall–Kier alpha value is -4.13. The number of ether oxygens (including phenoxy) is 2. The van der Waals surface area contributed by atoms with Gasteiger partial charge in [0.25, 0.3) is 0 Å². The molecule has 1 aromatic heterocycles. The molecule has 2 aliphatic heterocycles. The summed E-state index contributed by atoms with van der Waals surface area (Å²) in [5.74, 6) is -1.33. The maximum absolute atomic E-state index is 15.0. The second-order valence-corrected chi connectivity index (χ2v) is 8.75. The third-order valence-electron chi connectivity index (χ3n) is 5.75. The van der Waals surface area contributed by atoms with Crippen molar-refractivity contribution in [2.75, 3.05) is 44.2 Å². The Balaban J connectivity index is 1.24. The van der Waals surface area contributed by atoms with Crippen LogP contribution >= 0.6 is 0 Å². The van der Waals surface area contributed by atoms with E-state index in [-0.39, 0.29) is 42.1 Å². The molecule has 13 heteroatoms. The van der Waals surface area contributed by atoms with Crippen molar-refractivity contribution in [1.82, 2.24) is 14.9 Å². The number of likely N-dealkylation sites (tertiary alicyclic amines) is 1. The maximum Gasteiger partial charge on any atom is 0.313 e. The topological polar surface area (TPSA) is 156 Å². The molecular formula is C24H28FN7O5. The van der Waals surface area contributed by atoms with Crippen molar-refractivity contribution in [3.8, 4) is 11.1 Å². The molecule has 2 saturated heterocycles. The molecule has 0 saturated carbocycles. The maximum atomic E-state index is 15.0. The highest BCUT2D eigenvalue weighted by Crippen LogP contribution is 2.26. The summed E-state index contributed by atoms with van der Waals surface area (Å²) in [5, 5.41) is 11.3. The minimum Gasteiger partial charge on any atom is -0.465 e. The smallest absolute Gasteiger partial charge is 0.313 e. The van der Waals surface area contributed by atoms with E-state index in [1.807, 2.05) is 4.90 Å². The molecule has 0 radical (unpaired) electrons. The number of oxime groups is 1. The van der Waals surface area contributed by atoms with Crippen LogP contribution in [0.25, 0.3) is 11.1 Å². The van der Waals surface area contributed by atoms with Crippen LogP contribution in [0.4, 0.5) is 10.3 Å². The van der Waals surface area contributed by atoms with E-state index in [0.717, 1.165) is 18.8 Å². The fourth-order valence-electron chi connectivity index (χ4n) is 3.74. The first-order valence-corrected chi connectivity index (χ1v) is 11.7. The van der Waals surface area contributed by atoms with Crippen LogP contribution in [0.3, 0.4) is 0 Å². The first kappa shape index (κ1) is 25.9. The van der Waals surface area contributed by atoms with E-state index < -0.39 is 11.8 Å². The SMILES string of the molecule is CC(=O)OCCN1CC(ON=C2CN(c3ncc(-c4cccc(COC(=O)CC(=N)N)c4F)cn3)C2)C1. The van der Waals surface area contributed by atoms with E-state index in [1.165, 1.54) is 25.4 Å². The number of nitrogens with zero attached hydrogens (tertiary/aromatic N) is 5. The number of nitrogens with one attached hydrogen (secondary N) is 1. The Morgan fingerprint density at radius 2 is 1.95 bits per heavy atom. The lowest BCUT2D eigenvalue weighted by Gasteiger charge is -2.38. The molecule has 4 rings (SSSR count). The minimum absolute atomic E-state index is 0.0257. The van der Waals surface area contributed by atoms with Gasteiger partial charge in [-0.25, -0.2) is 14.4 Å². The van der Waals surface area contributed by atoms with E-state index in [4.69, 9.17) is 25.5 Å². The molecular weight excluding hydrogens is 485 g/mol. The van der Waals surface area contributed by atoms with Crippen molar-refractivity contribution in [2.24, 2.45) is 10.9 Å². The fraction of sp³-hybridized carbons (Fsp3) is 0.417. The highest BCUT2D eigenvalue weighted by molar-refractivity contribution is 5.98. The van der Waals surface area contributed by atoms with Crippen LogP contribution in [0.2, 0.25) is 0 Å². The molecule has 2 aromatic rings. The zero-order valence-corrected chi connectivity index (χ0v) is 20.4. The van der Waals surface area contributed by atoms with Crippen LogP contribution in [-0.2, 0) is 30.5 Å². The lowest BCUT2D eigenvalue weighted by Crippen LogP contribution is -2.53. The van der Waals surface area contributed by atoms with Gasteiger partial charge >= 0.3 is 11.9 Å². The van der Waals surface area contributed by atoms with E-state index in [2.05, 4.69) is 20.0 Å². The van der Waals surface area contributed by atoms with Crippen LogP contribution < -0.4 is 10.6 Å². The molecule has 1 aromatic carbocycles. The molecule has 37 heavy (non-hydrogen) atoms. The third-order valence-corrected chi connectivity index (χ3v) is 5.75. The van der Waals surface area contributed by atoms with Gasteiger partial charge in [0, 0.05) is 55.6 Å². The monoisotopic (exact) mass is 513 g/mol. The number of hydrogen-bond donors (Lipinski definition) is 2. The molecule has 0 amide bonds. The molecule has 12 nitrogen and oxygen atoms in total. The van der Waals surface area contributed by atoms with Crippen molar-refractivity contribution in [1.29, 1.82) is 5.41 Å². The summed E-state index contributed by atoms with van der Waals surface area (Å²) in [6, 6.07) is 4.76. The van der Waals surface area contributed by atoms with Gasteiger partial charge < -0.3 is 24.9 Å². The Bertz CT molecular complexity index is 1180. The number of anilines is 1. The van der Waals surface area contributed by atoms with Crippen molar-refractivity contribution in [3.05, 3.63) is 42.0 Å². The first-order valence-electron chi connectivity index (χ1n) is 11.7. The molecule has 0 aliphatic carbocycles. The molecule has 0 bridgehead atoms. The molecule has 2 fully saturated rings. The average molecular weight is 514 g/mol. The van der Waals surface area contributed by atoms with Gasteiger partial charge in [0.15, 0.2) is 6.10 Å². The number of amidine groups is 1. The first-order chi connectivity index (χ1) is 17.8. The summed E-state index contributed by atoms with van der Waals surface area (Å²) >= 11 is 0. The van der Waals surface area contributed by atoms with Crippen molar-refractivity contribution in [2.45, 2.75) is 26.1 Å². The highest BCUT2D eigenvalue weighted by Gasteiger charge is 2.30. The Morgan fingerprint density at radius 1 is 1.22 bits per heavy atom. The number of halogens is 1. The number of carbonyl (C=O) groups excluding carboxylic acids is 2. The predicted molar refractivity (Wildman–Crippen MR) is 131 cm³/mol. The number of benzene rings is 1. The van der Waals surface area contributed by atoms with Gasteiger partial charge in [0.05, 0.1) is 18.8 Å². The van der Waals surface area contributed by atoms with Crippen molar-refractivity contribution < 1.29 is 28.3 Å². The summed E-state index contributed by atoms with van der Waals surface area (Å²) in [4.78, 5) is 40.7. The standard InChI is InChI=1S/C24H28FN7O5/c1-15(33)35-6-5-31-12-19(13-31)37-30-18-10-32(11-18)24-28-8-17(9-29-24)20-4-2-3-16(23(20)25)14-36-22(34)7-21(26)27/h2-4,8-9,19H,5-7,10-14H2,1H3,(H3,26,27). The Kier molecular flexibility index (Phi) is 8.23. The van der Waals surface area contributed by atoms with E-state index in [0.29, 0.717) is 37.8 Å². The van der Waals surface area contributed by atoms with Crippen molar-refractivity contribution >= 4 is 29.4 Å². The van der Waals surface area contributed by atoms with Gasteiger partial charge in [-0.1, -0.05) is 23.4 Å². The van der Waals surface area contributed by atoms with Crippen LogP contribution in [-0.4, -0.2) is 83.8 Å². The molecule has 0 spiro atoms. The number of esters is 2. The summed E-state index contributed by atoms with van der Waals surface area (Å²) in [7, 11) is 0. The summed E-state index contributed by atoms with van der Waals surface area (Å²) in [5.41, 5.74) is 7.02.